The lowest BCUT2D eigenvalue weighted by Crippen LogP contribution is -2.45. The van der Waals surface area contributed by atoms with E-state index < -0.39 is 12.5 Å². The van der Waals surface area contributed by atoms with Crippen molar-refractivity contribution in [1.82, 2.24) is 10.2 Å². The molecular weight excluding hydrogens is 214 g/mol. The van der Waals surface area contributed by atoms with Crippen LogP contribution in [0, 0.1) is 0 Å². The number of nitrogens with one attached hydrogen (secondary N) is 1. The summed E-state index contributed by atoms with van der Waals surface area (Å²) in [6.45, 7) is 5.32. The van der Waals surface area contributed by atoms with Crippen LogP contribution in [-0.4, -0.2) is 54.8 Å². The zero-order chi connectivity index (χ0) is 12.0. The lowest BCUT2D eigenvalue weighted by molar-refractivity contribution is -0.00570. The van der Waals surface area contributed by atoms with E-state index in [4.69, 9.17) is 5.11 Å². The Morgan fingerprint density at radius 2 is 2.00 bits per heavy atom. The minimum Gasteiger partial charge on any atom is -0.386 e. The third-order valence-electron chi connectivity index (χ3n) is 3.03. The average molecular weight is 236 g/mol. The van der Waals surface area contributed by atoms with E-state index in [-0.39, 0.29) is 12.6 Å². The van der Waals surface area contributed by atoms with Crippen molar-refractivity contribution in [3.63, 3.8) is 0 Å². The highest BCUT2D eigenvalue weighted by molar-refractivity contribution is 4.78. The van der Waals surface area contributed by atoms with Crippen molar-refractivity contribution in [3.05, 3.63) is 0 Å². The van der Waals surface area contributed by atoms with E-state index in [0.717, 1.165) is 38.9 Å². The Labute approximate surface area is 95.8 Å². The summed E-state index contributed by atoms with van der Waals surface area (Å²) in [7, 11) is 0. The van der Waals surface area contributed by atoms with Gasteiger partial charge in [-0.15, -0.1) is 0 Å². The van der Waals surface area contributed by atoms with Gasteiger partial charge in [0.25, 0.3) is 6.43 Å². The molecule has 1 aliphatic heterocycles. The second-order valence-electron chi connectivity index (χ2n) is 4.43. The van der Waals surface area contributed by atoms with Gasteiger partial charge in [-0.25, -0.2) is 8.78 Å². The molecule has 0 aromatic heterocycles. The summed E-state index contributed by atoms with van der Waals surface area (Å²) in [6, 6.07) is 0.279. The highest BCUT2D eigenvalue weighted by atomic mass is 19.3. The molecule has 96 valence electrons. The van der Waals surface area contributed by atoms with E-state index in [1.807, 2.05) is 0 Å². The standard InChI is InChI=1S/C11H22F2N2O/c1-2-5-15-6-3-9(4-7-15)14-8-10(16)11(12)13/h9-11,14,16H,2-8H2,1H3. The third-order valence-corrected chi connectivity index (χ3v) is 3.03. The van der Waals surface area contributed by atoms with Crippen LogP contribution >= 0.6 is 0 Å². The largest absolute Gasteiger partial charge is 0.386 e. The van der Waals surface area contributed by atoms with Gasteiger partial charge in [-0.1, -0.05) is 6.92 Å². The molecule has 0 saturated carbocycles. The minimum atomic E-state index is -2.65. The average Bonchev–Trinajstić information content (AvgIpc) is 2.28. The zero-order valence-electron chi connectivity index (χ0n) is 9.83. The number of nitrogens with zero attached hydrogens (tertiary/aromatic N) is 1. The van der Waals surface area contributed by atoms with Crippen molar-refractivity contribution in [2.45, 2.75) is 44.8 Å². The van der Waals surface area contributed by atoms with Gasteiger partial charge in [-0.2, -0.15) is 0 Å². The Hall–Kier alpha value is -0.260. The third kappa shape index (κ3) is 4.72. The highest BCUT2D eigenvalue weighted by Gasteiger charge is 2.21. The van der Waals surface area contributed by atoms with Crippen molar-refractivity contribution in [2.24, 2.45) is 0 Å². The smallest absolute Gasteiger partial charge is 0.265 e. The molecule has 0 aromatic rings. The molecule has 1 saturated heterocycles. The first-order valence-electron chi connectivity index (χ1n) is 6.05. The van der Waals surface area contributed by atoms with Gasteiger partial charge in [0.05, 0.1) is 0 Å². The van der Waals surface area contributed by atoms with Gasteiger partial charge >= 0.3 is 0 Å². The van der Waals surface area contributed by atoms with Crippen LogP contribution in [0.1, 0.15) is 26.2 Å². The number of rotatable bonds is 6. The van der Waals surface area contributed by atoms with Gasteiger partial charge < -0.3 is 15.3 Å². The lowest BCUT2D eigenvalue weighted by Gasteiger charge is -2.32. The van der Waals surface area contributed by atoms with Crippen molar-refractivity contribution in [2.75, 3.05) is 26.2 Å². The first-order chi connectivity index (χ1) is 7.63. The SMILES string of the molecule is CCCN1CCC(NCC(O)C(F)F)CC1. The predicted octanol–water partition coefficient (Wildman–Crippen LogP) is 1.08. The molecule has 16 heavy (non-hydrogen) atoms. The quantitative estimate of drug-likeness (QED) is 0.724. The summed E-state index contributed by atoms with van der Waals surface area (Å²) < 4.78 is 24.1. The van der Waals surface area contributed by atoms with Gasteiger partial charge in [0.2, 0.25) is 0 Å². The van der Waals surface area contributed by atoms with Crippen molar-refractivity contribution >= 4 is 0 Å². The second-order valence-corrected chi connectivity index (χ2v) is 4.43. The molecular formula is C11H22F2N2O. The molecule has 1 aliphatic rings. The van der Waals surface area contributed by atoms with E-state index in [0.29, 0.717) is 0 Å². The van der Waals surface area contributed by atoms with Crippen LogP contribution in [0.2, 0.25) is 0 Å². The molecule has 1 fully saturated rings. The van der Waals surface area contributed by atoms with Crippen molar-refractivity contribution in [3.8, 4) is 0 Å². The summed E-state index contributed by atoms with van der Waals surface area (Å²) in [5.74, 6) is 0. The molecule has 1 atom stereocenters. The molecule has 0 aromatic carbocycles. The number of alkyl halides is 2. The fourth-order valence-electron chi connectivity index (χ4n) is 2.05. The Morgan fingerprint density at radius 3 is 2.50 bits per heavy atom. The molecule has 0 aliphatic carbocycles. The molecule has 0 spiro atoms. The molecule has 0 amide bonds. The summed E-state index contributed by atoms with van der Waals surface area (Å²) in [4.78, 5) is 2.39. The first kappa shape index (κ1) is 13.8. The summed E-state index contributed by atoms with van der Waals surface area (Å²) in [5, 5.41) is 12.0. The van der Waals surface area contributed by atoms with E-state index in [9.17, 15) is 8.78 Å². The van der Waals surface area contributed by atoms with Crippen LogP contribution < -0.4 is 5.32 Å². The maximum Gasteiger partial charge on any atom is 0.265 e. The number of piperidine rings is 1. The van der Waals surface area contributed by atoms with Gasteiger partial charge in [0, 0.05) is 12.6 Å². The zero-order valence-corrected chi connectivity index (χ0v) is 9.83. The maximum atomic E-state index is 12.0. The van der Waals surface area contributed by atoms with E-state index >= 15 is 0 Å². The predicted molar refractivity (Wildman–Crippen MR) is 59.8 cm³/mol. The normalized spacial score (nSPS) is 21.6. The lowest BCUT2D eigenvalue weighted by atomic mass is 10.0. The van der Waals surface area contributed by atoms with Gasteiger partial charge in [0.1, 0.15) is 6.10 Å². The Morgan fingerprint density at radius 1 is 1.38 bits per heavy atom. The van der Waals surface area contributed by atoms with Crippen LogP contribution in [0.4, 0.5) is 8.78 Å². The molecule has 5 heteroatoms. The van der Waals surface area contributed by atoms with E-state index in [1.165, 1.54) is 0 Å². The topological polar surface area (TPSA) is 35.5 Å². The van der Waals surface area contributed by atoms with Crippen molar-refractivity contribution < 1.29 is 13.9 Å². The number of aliphatic hydroxyl groups is 1. The van der Waals surface area contributed by atoms with Crippen molar-refractivity contribution in [1.29, 1.82) is 0 Å². The summed E-state index contributed by atoms with van der Waals surface area (Å²) in [5.41, 5.74) is 0. The second kappa shape index (κ2) is 7.14. The van der Waals surface area contributed by atoms with Crippen LogP contribution in [0.15, 0.2) is 0 Å². The minimum absolute atomic E-state index is 0.00386. The maximum absolute atomic E-state index is 12.0. The highest BCUT2D eigenvalue weighted by Crippen LogP contribution is 2.11. The van der Waals surface area contributed by atoms with Crippen LogP contribution in [0.5, 0.6) is 0 Å². The van der Waals surface area contributed by atoms with Crippen LogP contribution in [-0.2, 0) is 0 Å². The van der Waals surface area contributed by atoms with Gasteiger partial charge in [-0.05, 0) is 38.9 Å². The molecule has 0 radical (unpaired) electrons. The first-order valence-corrected chi connectivity index (χ1v) is 6.05. The van der Waals surface area contributed by atoms with Gasteiger partial charge in [0.15, 0.2) is 0 Å². The number of hydrogen-bond acceptors (Lipinski definition) is 3. The van der Waals surface area contributed by atoms with E-state index in [2.05, 4.69) is 17.1 Å². The number of halogens is 2. The summed E-state index contributed by atoms with van der Waals surface area (Å²) >= 11 is 0. The summed E-state index contributed by atoms with van der Waals surface area (Å²) in [6.07, 6.45) is -1.06. The molecule has 3 nitrogen and oxygen atoms in total. The molecule has 2 N–H and O–H groups in total. The molecule has 0 bridgehead atoms. The molecule has 1 heterocycles. The van der Waals surface area contributed by atoms with Crippen LogP contribution in [0.3, 0.4) is 0 Å². The Balaban J connectivity index is 2.12. The Kier molecular flexibility index (Phi) is 6.16. The number of likely N-dealkylation sites (tertiary alicyclic amines) is 1. The fraction of sp³-hybridized carbons (Fsp3) is 1.00. The van der Waals surface area contributed by atoms with Crippen LogP contribution in [0.25, 0.3) is 0 Å². The monoisotopic (exact) mass is 236 g/mol. The molecule has 1 unspecified atom stereocenters. The van der Waals surface area contributed by atoms with E-state index in [1.54, 1.807) is 0 Å². The molecule has 1 rings (SSSR count). The number of aliphatic hydroxyl groups excluding tert-OH is 1. The number of hydrogen-bond donors (Lipinski definition) is 2. The Bertz CT molecular complexity index is 185. The van der Waals surface area contributed by atoms with Gasteiger partial charge in [-0.3, -0.25) is 0 Å². The fourth-order valence-corrected chi connectivity index (χ4v) is 2.05.